The van der Waals surface area contributed by atoms with Gasteiger partial charge in [-0.2, -0.15) is 0 Å². The summed E-state index contributed by atoms with van der Waals surface area (Å²) < 4.78 is 5.75. The predicted molar refractivity (Wildman–Crippen MR) is 142 cm³/mol. The van der Waals surface area contributed by atoms with Crippen LogP contribution in [-0.2, 0) is 15.0 Å². The van der Waals surface area contributed by atoms with Gasteiger partial charge in [0.05, 0.1) is 23.6 Å². The maximum atomic E-state index is 13.8. The van der Waals surface area contributed by atoms with Gasteiger partial charge >= 0.3 is 0 Å². The number of benzene rings is 3. The van der Waals surface area contributed by atoms with E-state index in [1.54, 1.807) is 0 Å². The number of hydrogen-bond acceptors (Lipinski definition) is 4. The molecule has 0 saturated heterocycles. The molecule has 35 heavy (non-hydrogen) atoms. The molecule has 1 N–H and O–H groups in total. The van der Waals surface area contributed by atoms with Crippen LogP contribution in [0.5, 0.6) is 5.75 Å². The van der Waals surface area contributed by atoms with Gasteiger partial charge in [-0.15, -0.1) is 0 Å². The molecule has 0 bridgehead atoms. The van der Waals surface area contributed by atoms with E-state index in [0.29, 0.717) is 29.3 Å². The van der Waals surface area contributed by atoms with Crippen molar-refractivity contribution in [3.8, 4) is 5.75 Å². The summed E-state index contributed by atoms with van der Waals surface area (Å²) in [6, 6.07) is 20.9. The summed E-state index contributed by atoms with van der Waals surface area (Å²) in [6.07, 6.45) is 0. The molecule has 180 valence electrons. The fourth-order valence-electron chi connectivity index (χ4n) is 4.32. The van der Waals surface area contributed by atoms with Crippen LogP contribution in [0.2, 0.25) is 0 Å². The Morgan fingerprint density at radius 3 is 2.20 bits per heavy atom. The summed E-state index contributed by atoms with van der Waals surface area (Å²) in [5, 5.41) is 3.24. The third-order valence-electron chi connectivity index (χ3n) is 6.17. The molecule has 5 heteroatoms. The first kappa shape index (κ1) is 24.3. The van der Waals surface area contributed by atoms with Crippen molar-refractivity contribution in [1.82, 2.24) is 0 Å². The molecule has 3 aromatic carbocycles. The van der Waals surface area contributed by atoms with Crippen molar-refractivity contribution in [3.63, 3.8) is 0 Å². The van der Waals surface area contributed by atoms with E-state index in [1.807, 2.05) is 87.5 Å². The minimum atomic E-state index is -0.389. The van der Waals surface area contributed by atoms with Gasteiger partial charge in [-0.3, -0.25) is 9.59 Å². The Morgan fingerprint density at radius 2 is 1.57 bits per heavy atom. The summed E-state index contributed by atoms with van der Waals surface area (Å²) in [4.78, 5) is 28.9. The number of nitrogens with one attached hydrogen (secondary N) is 1. The Kier molecular flexibility index (Phi) is 6.53. The first-order valence-corrected chi connectivity index (χ1v) is 11.9. The average molecular weight is 469 g/mol. The molecule has 5 nitrogen and oxygen atoms in total. The van der Waals surface area contributed by atoms with E-state index in [4.69, 9.17) is 4.74 Å². The van der Waals surface area contributed by atoms with E-state index in [0.717, 1.165) is 22.3 Å². The van der Waals surface area contributed by atoms with Crippen LogP contribution in [0.4, 0.5) is 11.4 Å². The number of ether oxygens (including phenoxy) is 1. The second kappa shape index (κ2) is 9.41. The predicted octanol–water partition coefficient (Wildman–Crippen LogP) is 6.40. The van der Waals surface area contributed by atoms with Crippen LogP contribution in [0.15, 0.2) is 72.4 Å². The highest BCUT2D eigenvalue weighted by molar-refractivity contribution is 6.46. The van der Waals surface area contributed by atoms with E-state index in [1.165, 1.54) is 4.90 Å². The Balaban J connectivity index is 1.83. The van der Waals surface area contributed by atoms with E-state index in [-0.39, 0.29) is 22.9 Å². The third kappa shape index (κ3) is 4.72. The summed E-state index contributed by atoms with van der Waals surface area (Å²) in [6.45, 7) is 12.8. The third-order valence-corrected chi connectivity index (χ3v) is 6.17. The molecule has 0 fully saturated rings. The Bertz CT molecular complexity index is 1310. The van der Waals surface area contributed by atoms with Gasteiger partial charge in [-0.05, 0) is 67.1 Å². The molecule has 4 rings (SSSR count). The van der Waals surface area contributed by atoms with Crippen LogP contribution in [0.3, 0.4) is 0 Å². The highest BCUT2D eigenvalue weighted by Crippen LogP contribution is 2.37. The van der Waals surface area contributed by atoms with Gasteiger partial charge in [0.25, 0.3) is 11.8 Å². The van der Waals surface area contributed by atoms with Gasteiger partial charge in [-0.1, -0.05) is 68.8 Å². The monoisotopic (exact) mass is 468 g/mol. The molecule has 0 radical (unpaired) electrons. The standard InChI is InChI=1S/C30H32N2O3/c1-7-35-25-11-9-8-10-24(25)31-27-26(23-17-12-19(2)18-20(23)3)28(33)32(29(27)34)22-15-13-21(14-16-22)30(4,5)6/h8-18,31H,7H2,1-6H3. The molecule has 1 heterocycles. The van der Waals surface area contributed by atoms with Crippen LogP contribution in [0.25, 0.3) is 5.57 Å². The number of anilines is 2. The lowest BCUT2D eigenvalue weighted by Crippen LogP contribution is -2.32. The van der Waals surface area contributed by atoms with Crippen LogP contribution in [-0.4, -0.2) is 18.4 Å². The SMILES string of the molecule is CCOc1ccccc1NC1=C(c2ccc(C)cc2C)C(=O)N(c2ccc(C(C)(C)C)cc2)C1=O. The lowest BCUT2D eigenvalue weighted by molar-refractivity contribution is -0.120. The Hall–Kier alpha value is -3.86. The van der Waals surface area contributed by atoms with Crippen molar-refractivity contribution in [2.24, 2.45) is 0 Å². The number of nitrogens with zero attached hydrogens (tertiary/aromatic N) is 1. The van der Waals surface area contributed by atoms with Gasteiger partial charge in [0.2, 0.25) is 0 Å². The second-order valence-corrected chi connectivity index (χ2v) is 9.87. The molecular weight excluding hydrogens is 436 g/mol. The van der Waals surface area contributed by atoms with E-state index >= 15 is 0 Å². The minimum Gasteiger partial charge on any atom is -0.492 e. The molecule has 0 saturated carbocycles. The summed E-state index contributed by atoms with van der Waals surface area (Å²) >= 11 is 0. The summed E-state index contributed by atoms with van der Waals surface area (Å²) in [5.74, 6) is -0.114. The first-order valence-electron chi connectivity index (χ1n) is 11.9. The quantitative estimate of drug-likeness (QED) is 0.426. The van der Waals surface area contributed by atoms with Crippen molar-refractivity contribution in [2.75, 3.05) is 16.8 Å². The number of para-hydroxylation sites is 2. The summed E-state index contributed by atoms with van der Waals surface area (Å²) in [7, 11) is 0. The molecular formula is C30H32N2O3. The first-order chi connectivity index (χ1) is 16.6. The van der Waals surface area contributed by atoms with Crippen LogP contribution in [0, 0.1) is 13.8 Å². The molecule has 1 aliphatic rings. The molecule has 0 aliphatic carbocycles. The lowest BCUT2D eigenvalue weighted by Gasteiger charge is -2.21. The topological polar surface area (TPSA) is 58.6 Å². The molecule has 0 aromatic heterocycles. The van der Waals surface area contributed by atoms with E-state index in [9.17, 15) is 9.59 Å². The Morgan fingerprint density at radius 1 is 0.886 bits per heavy atom. The van der Waals surface area contributed by atoms with Gasteiger partial charge in [0, 0.05) is 0 Å². The van der Waals surface area contributed by atoms with Gasteiger partial charge in [0.15, 0.2) is 0 Å². The van der Waals surface area contributed by atoms with E-state index in [2.05, 4.69) is 26.1 Å². The van der Waals surface area contributed by atoms with Crippen molar-refractivity contribution in [3.05, 3.63) is 94.7 Å². The zero-order chi connectivity index (χ0) is 25.3. The van der Waals surface area contributed by atoms with Crippen LogP contribution in [0.1, 0.15) is 49.9 Å². The molecule has 2 amide bonds. The second-order valence-electron chi connectivity index (χ2n) is 9.87. The van der Waals surface area contributed by atoms with Crippen molar-refractivity contribution >= 4 is 28.8 Å². The number of hydrogen-bond donors (Lipinski definition) is 1. The van der Waals surface area contributed by atoms with Crippen LogP contribution < -0.4 is 15.0 Å². The van der Waals surface area contributed by atoms with Crippen molar-refractivity contribution in [2.45, 2.75) is 47.0 Å². The maximum Gasteiger partial charge on any atom is 0.282 e. The zero-order valence-electron chi connectivity index (χ0n) is 21.2. The number of carbonyl (C=O) groups excluding carboxylic acids is 2. The lowest BCUT2D eigenvalue weighted by atomic mass is 9.87. The molecule has 3 aromatic rings. The molecule has 1 aliphatic heterocycles. The number of amides is 2. The van der Waals surface area contributed by atoms with Crippen molar-refractivity contribution in [1.29, 1.82) is 0 Å². The normalized spacial score (nSPS) is 14.1. The largest absolute Gasteiger partial charge is 0.492 e. The van der Waals surface area contributed by atoms with Gasteiger partial charge in [0.1, 0.15) is 11.4 Å². The molecule has 0 atom stereocenters. The van der Waals surface area contributed by atoms with Gasteiger partial charge < -0.3 is 10.1 Å². The highest BCUT2D eigenvalue weighted by Gasteiger charge is 2.41. The summed E-state index contributed by atoms with van der Waals surface area (Å²) in [5.41, 5.74) is 5.65. The van der Waals surface area contributed by atoms with Crippen LogP contribution >= 0.6 is 0 Å². The fourth-order valence-corrected chi connectivity index (χ4v) is 4.32. The Labute approximate surface area is 207 Å². The number of imide groups is 1. The number of rotatable bonds is 6. The number of carbonyl (C=O) groups is 2. The number of aryl methyl sites for hydroxylation is 2. The van der Waals surface area contributed by atoms with Gasteiger partial charge in [-0.25, -0.2) is 4.90 Å². The maximum absolute atomic E-state index is 13.8. The zero-order valence-corrected chi connectivity index (χ0v) is 21.2. The molecule has 0 spiro atoms. The fraction of sp³-hybridized carbons (Fsp3) is 0.267. The minimum absolute atomic E-state index is 0.0321. The molecule has 0 unspecified atom stereocenters. The van der Waals surface area contributed by atoms with E-state index < -0.39 is 0 Å². The smallest absolute Gasteiger partial charge is 0.282 e. The average Bonchev–Trinajstić information content (AvgIpc) is 3.04. The highest BCUT2D eigenvalue weighted by atomic mass is 16.5. The van der Waals surface area contributed by atoms with Crippen molar-refractivity contribution < 1.29 is 14.3 Å².